The monoisotopic (exact) mass is 503 g/mol. The summed E-state index contributed by atoms with van der Waals surface area (Å²) in [5, 5.41) is 9.76. The van der Waals surface area contributed by atoms with Crippen LogP contribution in [0.1, 0.15) is 81.5 Å². The molecule has 4 heteroatoms. The lowest BCUT2D eigenvalue weighted by Crippen LogP contribution is -2.27. The van der Waals surface area contributed by atoms with E-state index in [0.717, 1.165) is 38.5 Å². The van der Waals surface area contributed by atoms with Gasteiger partial charge in [-0.1, -0.05) is 92.0 Å². The molecule has 0 bridgehead atoms. The quantitative estimate of drug-likeness (QED) is 0.153. The van der Waals surface area contributed by atoms with E-state index < -0.39 is 0 Å². The van der Waals surface area contributed by atoms with Crippen molar-refractivity contribution in [1.82, 2.24) is 4.90 Å². The number of Topliss-reactive ketones (excluding diaryl/α,β-unsaturated/α-hetero) is 1. The number of carbonyl (C=O) groups excluding carboxylic acids is 2. The van der Waals surface area contributed by atoms with Crippen LogP contribution in [0.3, 0.4) is 0 Å². The molecular formula is C33H45NO3. The minimum Gasteiger partial charge on any atom is -0.507 e. The number of hydrogen-bond donors (Lipinski definition) is 1. The standard InChI is InChI=1S/C33H45NO3/c1-3-4-5-6-7-8-9-10-11-12-13-14-15-16-17-18-19-20-21-28-33(37)34(2)29-24-27-32(36)30-25-22-23-26-31(30)35/h4-5,7-8,10-11,13-14,16-17,19-20,22-23,25-26,35H,3,6,9,12,15,18,21,24,27-29H2,1-2H3/b5-4-,8-7-,11-10-,14-13-,17-16-,20-19-. The van der Waals surface area contributed by atoms with E-state index in [9.17, 15) is 14.7 Å². The van der Waals surface area contributed by atoms with Gasteiger partial charge in [-0.3, -0.25) is 9.59 Å². The molecule has 1 N–H and O–H groups in total. The van der Waals surface area contributed by atoms with Crippen molar-refractivity contribution in [2.45, 2.75) is 71.1 Å². The van der Waals surface area contributed by atoms with Crippen LogP contribution >= 0.6 is 0 Å². The number of phenolic OH excluding ortho intramolecular Hbond substituents is 1. The second-order valence-electron chi connectivity index (χ2n) is 8.81. The lowest BCUT2D eigenvalue weighted by atomic mass is 10.1. The number of nitrogens with zero attached hydrogens (tertiary/aromatic N) is 1. The minimum absolute atomic E-state index is 0.00769. The summed E-state index contributed by atoms with van der Waals surface area (Å²) in [5.74, 6) is -0.0141. The first kappa shape index (κ1) is 31.6. The van der Waals surface area contributed by atoms with E-state index in [1.54, 1.807) is 30.1 Å². The van der Waals surface area contributed by atoms with Gasteiger partial charge >= 0.3 is 0 Å². The van der Waals surface area contributed by atoms with Crippen LogP contribution in [0.4, 0.5) is 0 Å². The molecule has 4 nitrogen and oxygen atoms in total. The van der Waals surface area contributed by atoms with Gasteiger partial charge in [-0.15, -0.1) is 0 Å². The molecule has 0 radical (unpaired) electrons. The Morgan fingerprint density at radius 3 is 1.73 bits per heavy atom. The second kappa shape index (κ2) is 21.8. The summed E-state index contributed by atoms with van der Waals surface area (Å²) in [4.78, 5) is 26.1. The van der Waals surface area contributed by atoms with E-state index in [1.165, 1.54) is 6.07 Å². The van der Waals surface area contributed by atoms with E-state index in [0.29, 0.717) is 37.8 Å². The molecule has 0 aromatic heterocycles. The molecule has 0 aliphatic carbocycles. The van der Waals surface area contributed by atoms with E-state index in [-0.39, 0.29) is 17.4 Å². The van der Waals surface area contributed by atoms with Crippen molar-refractivity contribution in [3.63, 3.8) is 0 Å². The summed E-state index contributed by atoms with van der Waals surface area (Å²) in [6.45, 7) is 2.68. The maximum atomic E-state index is 12.3. The number of benzene rings is 1. The van der Waals surface area contributed by atoms with Gasteiger partial charge in [-0.2, -0.15) is 0 Å². The summed E-state index contributed by atoms with van der Waals surface area (Å²) in [5.41, 5.74) is 0.342. The van der Waals surface area contributed by atoms with Gasteiger partial charge in [0.15, 0.2) is 5.78 Å². The highest BCUT2D eigenvalue weighted by Gasteiger charge is 2.12. The fraction of sp³-hybridized carbons (Fsp3) is 0.394. The molecule has 0 heterocycles. The van der Waals surface area contributed by atoms with Crippen molar-refractivity contribution in [3.8, 4) is 5.75 Å². The van der Waals surface area contributed by atoms with Gasteiger partial charge in [0.2, 0.25) is 5.91 Å². The van der Waals surface area contributed by atoms with Gasteiger partial charge in [0.05, 0.1) is 5.56 Å². The van der Waals surface area contributed by atoms with Crippen molar-refractivity contribution in [3.05, 3.63) is 103 Å². The predicted octanol–water partition coefficient (Wildman–Crippen LogP) is 8.29. The molecule has 0 unspecified atom stereocenters. The first-order valence-corrected chi connectivity index (χ1v) is 13.5. The first-order valence-electron chi connectivity index (χ1n) is 13.5. The largest absolute Gasteiger partial charge is 0.507 e. The summed E-state index contributed by atoms with van der Waals surface area (Å²) in [7, 11) is 1.77. The van der Waals surface area contributed by atoms with Crippen LogP contribution in [0, 0.1) is 0 Å². The van der Waals surface area contributed by atoms with E-state index >= 15 is 0 Å². The molecule has 1 aromatic carbocycles. The van der Waals surface area contributed by atoms with E-state index in [2.05, 4.69) is 73.8 Å². The van der Waals surface area contributed by atoms with Crippen LogP contribution in [0.15, 0.2) is 97.2 Å². The van der Waals surface area contributed by atoms with Crippen LogP contribution in [0.25, 0.3) is 0 Å². The summed E-state index contributed by atoms with van der Waals surface area (Å²) >= 11 is 0. The average Bonchev–Trinajstić information content (AvgIpc) is 2.90. The van der Waals surface area contributed by atoms with Crippen LogP contribution in [0.2, 0.25) is 0 Å². The Morgan fingerprint density at radius 2 is 1.22 bits per heavy atom. The highest BCUT2D eigenvalue weighted by Crippen LogP contribution is 2.18. The fourth-order valence-corrected chi connectivity index (χ4v) is 3.48. The number of amides is 1. The Hall–Kier alpha value is -3.40. The third-order valence-electron chi connectivity index (χ3n) is 5.65. The zero-order chi connectivity index (χ0) is 27.0. The van der Waals surface area contributed by atoms with Crippen molar-refractivity contribution in [2.75, 3.05) is 13.6 Å². The third kappa shape index (κ3) is 16.8. The number of aromatic hydroxyl groups is 1. The Morgan fingerprint density at radius 1 is 0.730 bits per heavy atom. The second-order valence-corrected chi connectivity index (χ2v) is 8.81. The molecule has 0 spiro atoms. The molecule has 0 saturated carbocycles. The third-order valence-corrected chi connectivity index (χ3v) is 5.65. The molecule has 200 valence electrons. The SMILES string of the molecule is CC/C=C\C/C=C\C/C=C\C/C=C\C/C=C\C/C=C\CCC(=O)N(C)CCCC(=O)c1ccccc1O. The molecule has 0 saturated heterocycles. The Balaban J connectivity index is 2.06. The minimum atomic E-state index is -0.100. The van der Waals surface area contributed by atoms with Gasteiger partial charge in [0, 0.05) is 26.4 Å². The Labute approximate surface area is 224 Å². The highest BCUT2D eigenvalue weighted by atomic mass is 16.3. The molecule has 1 aromatic rings. The molecule has 0 fully saturated rings. The molecule has 1 rings (SSSR count). The van der Waals surface area contributed by atoms with Crippen molar-refractivity contribution >= 4 is 11.7 Å². The first-order chi connectivity index (χ1) is 18.1. The molecule has 37 heavy (non-hydrogen) atoms. The number of rotatable bonds is 19. The predicted molar refractivity (Wildman–Crippen MR) is 157 cm³/mol. The van der Waals surface area contributed by atoms with Crippen molar-refractivity contribution in [1.29, 1.82) is 0 Å². The number of allylic oxidation sites excluding steroid dienone is 12. The van der Waals surface area contributed by atoms with E-state index in [4.69, 9.17) is 0 Å². The number of phenols is 1. The van der Waals surface area contributed by atoms with Gasteiger partial charge in [-0.05, 0) is 63.5 Å². The maximum Gasteiger partial charge on any atom is 0.222 e. The summed E-state index contributed by atoms with van der Waals surface area (Å²) < 4.78 is 0. The summed E-state index contributed by atoms with van der Waals surface area (Å²) in [6.07, 6.45) is 33.9. The normalized spacial score (nSPS) is 12.4. The van der Waals surface area contributed by atoms with Crippen LogP contribution < -0.4 is 0 Å². The van der Waals surface area contributed by atoms with Crippen LogP contribution in [-0.2, 0) is 4.79 Å². The average molecular weight is 504 g/mol. The molecule has 1 amide bonds. The number of carbonyl (C=O) groups is 2. The molecule has 0 aliphatic heterocycles. The topological polar surface area (TPSA) is 57.6 Å². The fourth-order valence-electron chi connectivity index (χ4n) is 3.48. The number of hydrogen-bond acceptors (Lipinski definition) is 3. The van der Waals surface area contributed by atoms with Crippen molar-refractivity contribution in [2.24, 2.45) is 0 Å². The van der Waals surface area contributed by atoms with Gasteiger partial charge in [0.25, 0.3) is 0 Å². The zero-order valence-electron chi connectivity index (χ0n) is 22.7. The molecule has 0 aliphatic rings. The van der Waals surface area contributed by atoms with Gasteiger partial charge in [0.1, 0.15) is 5.75 Å². The Bertz CT molecular complexity index is 950. The van der Waals surface area contributed by atoms with Crippen LogP contribution in [0.5, 0.6) is 5.75 Å². The highest BCUT2D eigenvalue weighted by molar-refractivity contribution is 5.98. The number of para-hydroxylation sites is 1. The molecular weight excluding hydrogens is 458 g/mol. The number of ketones is 1. The van der Waals surface area contributed by atoms with Crippen LogP contribution in [-0.4, -0.2) is 35.3 Å². The van der Waals surface area contributed by atoms with Gasteiger partial charge < -0.3 is 10.0 Å². The maximum absolute atomic E-state index is 12.3. The summed E-state index contributed by atoms with van der Waals surface area (Å²) in [6, 6.07) is 6.56. The lowest BCUT2D eigenvalue weighted by molar-refractivity contribution is -0.129. The lowest BCUT2D eigenvalue weighted by Gasteiger charge is -2.16. The van der Waals surface area contributed by atoms with E-state index in [1.807, 2.05) is 6.08 Å². The Kier molecular flexibility index (Phi) is 18.7. The molecule has 0 atom stereocenters. The van der Waals surface area contributed by atoms with Gasteiger partial charge in [-0.25, -0.2) is 0 Å². The smallest absolute Gasteiger partial charge is 0.222 e. The zero-order valence-corrected chi connectivity index (χ0v) is 22.7. The van der Waals surface area contributed by atoms with Crippen molar-refractivity contribution < 1.29 is 14.7 Å².